The first-order valence-electron chi connectivity index (χ1n) is 11.3. The minimum Gasteiger partial charge on any atom is -0.324 e. The minimum absolute atomic E-state index is 0.0256. The number of carbonyl (C=O) groups is 1. The second kappa shape index (κ2) is 10.4. The molecule has 166 valence electrons. The number of anilines is 1. The van der Waals surface area contributed by atoms with Gasteiger partial charge in [0.25, 0.3) is 0 Å². The van der Waals surface area contributed by atoms with Crippen molar-refractivity contribution >= 4 is 11.7 Å². The number of aromatic nitrogens is 2. The second-order valence-electron chi connectivity index (χ2n) is 8.45. The van der Waals surface area contributed by atoms with E-state index in [0.29, 0.717) is 6.04 Å². The quantitative estimate of drug-likeness (QED) is 0.612. The van der Waals surface area contributed by atoms with Gasteiger partial charge in [-0.05, 0) is 62.1 Å². The smallest absolute Gasteiger partial charge is 0.321 e. The van der Waals surface area contributed by atoms with Crippen LogP contribution in [0.25, 0.3) is 0 Å². The molecule has 0 atom stereocenters. The summed E-state index contributed by atoms with van der Waals surface area (Å²) in [6.45, 7) is 7.27. The number of carbonyl (C=O) groups excluding carboxylic acids is 1. The van der Waals surface area contributed by atoms with Gasteiger partial charge in [0.1, 0.15) is 0 Å². The zero-order valence-electron chi connectivity index (χ0n) is 18.9. The maximum atomic E-state index is 12.7. The molecule has 0 spiro atoms. The highest BCUT2D eigenvalue weighted by Gasteiger charge is 2.28. The van der Waals surface area contributed by atoms with E-state index in [4.69, 9.17) is 0 Å². The second-order valence-corrected chi connectivity index (χ2v) is 8.45. The van der Waals surface area contributed by atoms with Crippen molar-refractivity contribution in [1.29, 1.82) is 0 Å². The van der Waals surface area contributed by atoms with Crippen molar-refractivity contribution < 1.29 is 4.79 Å². The van der Waals surface area contributed by atoms with E-state index in [1.807, 2.05) is 59.8 Å². The van der Waals surface area contributed by atoms with Gasteiger partial charge in [-0.2, -0.15) is 0 Å². The standard InChI is InChI=1S/C26H31N5O/c1-20-8-6-14-27-24(20)18-31(19-25-21(2)9-7-15-28-25)23-12-16-30(17-13-23)26(32)29-22-10-4-3-5-11-22/h3-11,14-15,23H,12-13,16-19H2,1-2H3,(H,29,32). The molecule has 1 saturated heterocycles. The van der Waals surface area contributed by atoms with Gasteiger partial charge in [0.15, 0.2) is 0 Å². The van der Waals surface area contributed by atoms with Gasteiger partial charge in [0.2, 0.25) is 0 Å². The molecule has 0 saturated carbocycles. The van der Waals surface area contributed by atoms with Crippen LogP contribution in [0.15, 0.2) is 67.0 Å². The zero-order chi connectivity index (χ0) is 22.3. The first-order chi connectivity index (χ1) is 15.6. The maximum Gasteiger partial charge on any atom is 0.321 e. The predicted octanol–water partition coefficient (Wildman–Crippen LogP) is 4.79. The Morgan fingerprint density at radius 3 is 2.00 bits per heavy atom. The van der Waals surface area contributed by atoms with Crippen LogP contribution in [0.4, 0.5) is 10.5 Å². The molecule has 4 rings (SSSR count). The fraction of sp³-hybridized carbons (Fsp3) is 0.346. The van der Waals surface area contributed by atoms with Gasteiger partial charge in [-0.3, -0.25) is 14.9 Å². The molecular weight excluding hydrogens is 398 g/mol. The molecule has 0 bridgehead atoms. The molecule has 1 N–H and O–H groups in total. The zero-order valence-corrected chi connectivity index (χ0v) is 18.9. The average molecular weight is 430 g/mol. The van der Waals surface area contributed by atoms with Crippen LogP contribution in [0.5, 0.6) is 0 Å². The number of para-hydroxylation sites is 1. The summed E-state index contributed by atoms with van der Waals surface area (Å²) in [7, 11) is 0. The van der Waals surface area contributed by atoms with E-state index in [-0.39, 0.29) is 6.03 Å². The number of urea groups is 1. The molecule has 1 aliphatic rings. The highest BCUT2D eigenvalue weighted by atomic mass is 16.2. The van der Waals surface area contributed by atoms with Crippen LogP contribution in [-0.2, 0) is 13.1 Å². The Labute approximate surface area is 190 Å². The molecule has 0 radical (unpaired) electrons. The lowest BCUT2D eigenvalue weighted by Crippen LogP contribution is -2.47. The summed E-state index contributed by atoms with van der Waals surface area (Å²) in [5.41, 5.74) is 5.44. The number of amides is 2. The minimum atomic E-state index is -0.0256. The molecule has 3 heterocycles. The van der Waals surface area contributed by atoms with Crippen LogP contribution in [0, 0.1) is 13.8 Å². The summed E-state index contributed by atoms with van der Waals surface area (Å²) in [6.07, 6.45) is 5.59. The fourth-order valence-electron chi connectivity index (χ4n) is 4.22. The molecule has 3 aromatic rings. The van der Waals surface area contributed by atoms with Gasteiger partial charge in [-0.25, -0.2) is 4.79 Å². The lowest BCUT2D eigenvalue weighted by molar-refractivity contribution is 0.107. The van der Waals surface area contributed by atoms with Gasteiger partial charge < -0.3 is 10.2 Å². The van der Waals surface area contributed by atoms with Crippen LogP contribution in [0.2, 0.25) is 0 Å². The SMILES string of the molecule is Cc1cccnc1CN(Cc1ncccc1C)C1CCN(C(=O)Nc2ccccc2)CC1. The summed E-state index contributed by atoms with van der Waals surface area (Å²) < 4.78 is 0. The predicted molar refractivity (Wildman–Crippen MR) is 127 cm³/mol. The molecule has 1 aliphatic heterocycles. The number of aryl methyl sites for hydroxylation is 2. The number of rotatable bonds is 6. The van der Waals surface area contributed by atoms with Crippen molar-refractivity contribution in [3.8, 4) is 0 Å². The van der Waals surface area contributed by atoms with Crippen LogP contribution in [0.3, 0.4) is 0 Å². The first kappa shape index (κ1) is 22.0. The Kier molecular flexibility index (Phi) is 7.12. The van der Waals surface area contributed by atoms with Gasteiger partial charge >= 0.3 is 6.03 Å². The summed E-state index contributed by atoms with van der Waals surface area (Å²) in [4.78, 5) is 26.4. The number of nitrogens with zero attached hydrogens (tertiary/aromatic N) is 4. The summed E-state index contributed by atoms with van der Waals surface area (Å²) in [5.74, 6) is 0. The third kappa shape index (κ3) is 5.51. The van der Waals surface area contributed by atoms with Crippen LogP contribution in [0.1, 0.15) is 35.4 Å². The van der Waals surface area contributed by atoms with E-state index in [1.54, 1.807) is 0 Å². The Bertz CT molecular complexity index is 984. The van der Waals surface area contributed by atoms with Crippen LogP contribution < -0.4 is 5.32 Å². The van der Waals surface area contributed by atoms with Gasteiger partial charge in [0.05, 0.1) is 11.4 Å². The van der Waals surface area contributed by atoms with E-state index >= 15 is 0 Å². The Morgan fingerprint density at radius 1 is 0.906 bits per heavy atom. The molecule has 0 aliphatic carbocycles. The number of likely N-dealkylation sites (tertiary alicyclic amines) is 1. The first-order valence-corrected chi connectivity index (χ1v) is 11.3. The third-order valence-electron chi connectivity index (χ3n) is 6.23. The monoisotopic (exact) mass is 429 g/mol. The lowest BCUT2D eigenvalue weighted by atomic mass is 10.0. The maximum absolute atomic E-state index is 12.7. The highest BCUT2D eigenvalue weighted by Crippen LogP contribution is 2.23. The number of benzene rings is 1. The van der Waals surface area contributed by atoms with Crippen molar-refractivity contribution in [2.45, 2.75) is 45.8 Å². The van der Waals surface area contributed by atoms with Crippen LogP contribution in [-0.4, -0.2) is 44.9 Å². The number of pyridine rings is 2. The highest BCUT2D eigenvalue weighted by molar-refractivity contribution is 5.89. The van der Waals surface area contributed by atoms with E-state index in [9.17, 15) is 4.79 Å². The topological polar surface area (TPSA) is 61.4 Å². The Hall–Kier alpha value is -3.25. The molecule has 2 amide bonds. The molecule has 1 aromatic carbocycles. The Morgan fingerprint density at radius 2 is 1.47 bits per heavy atom. The summed E-state index contributed by atoms with van der Waals surface area (Å²) in [6, 6.07) is 18.2. The fourth-order valence-corrected chi connectivity index (χ4v) is 4.22. The number of hydrogen-bond acceptors (Lipinski definition) is 4. The molecule has 0 unspecified atom stereocenters. The summed E-state index contributed by atoms with van der Waals surface area (Å²) >= 11 is 0. The number of nitrogens with one attached hydrogen (secondary N) is 1. The summed E-state index contributed by atoms with van der Waals surface area (Å²) in [5, 5.41) is 3.00. The third-order valence-corrected chi connectivity index (χ3v) is 6.23. The van der Waals surface area contributed by atoms with Crippen molar-refractivity contribution in [3.05, 3.63) is 89.5 Å². The van der Waals surface area contributed by atoms with E-state index in [1.165, 1.54) is 11.1 Å². The Balaban J connectivity index is 1.44. The lowest BCUT2D eigenvalue weighted by Gasteiger charge is -2.38. The van der Waals surface area contributed by atoms with Crippen LogP contribution >= 0.6 is 0 Å². The van der Waals surface area contributed by atoms with Gasteiger partial charge in [-0.1, -0.05) is 30.3 Å². The molecule has 32 heavy (non-hydrogen) atoms. The molecule has 6 nitrogen and oxygen atoms in total. The van der Waals surface area contributed by atoms with Crippen molar-refractivity contribution in [2.24, 2.45) is 0 Å². The number of hydrogen-bond donors (Lipinski definition) is 1. The van der Waals surface area contributed by atoms with Gasteiger partial charge in [-0.15, -0.1) is 0 Å². The van der Waals surface area contributed by atoms with E-state index in [2.05, 4.69) is 46.2 Å². The molecule has 2 aromatic heterocycles. The molecular formula is C26H31N5O. The van der Waals surface area contributed by atoms with Crippen molar-refractivity contribution in [2.75, 3.05) is 18.4 Å². The number of piperidine rings is 1. The molecule has 1 fully saturated rings. The molecule has 6 heteroatoms. The van der Waals surface area contributed by atoms with Crippen molar-refractivity contribution in [3.63, 3.8) is 0 Å². The largest absolute Gasteiger partial charge is 0.324 e. The van der Waals surface area contributed by atoms with Gasteiger partial charge in [0, 0.05) is 50.3 Å². The average Bonchev–Trinajstić information content (AvgIpc) is 2.82. The van der Waals surface area contributed by atoms with E-state index in [0.717, 1.165) is 56.1 Å². The normalized spacial score (nSPS) is 14.5. The van der Waals surface area contributed by atoms with Crippen molar-refractivity contribution in [1.82, 2.24) is 19.8 Å². The van der Waals surface area contributed by atoms with E-state index < -0.39 is 0 Å².